The van der Waals surface area contributed by atoms with Crippen LogP contribution in [0.4, 0.5) is 5.69 Å². The number of ether oxygens (including phenoxy) is 1. The predicted molar refractivity (Wildman–Crippen MR) is 107 cm³/mol. The van der Waals surface area contributed by atoms with Crippen LogP contribution in [-0.2, 0) is 14.8 Å². The highest BCUT2D eigenvalue weighted by Gasteiger charge is 2.21. The molecular formula is C20H26N2O4S. The van der Waals surface area contributed by atoms with Crippen LogP contribution in [-0.4, -0.2) is 38.3 Å². The summed E-state index contributed by atoms with van der Waals surface area (Å²) in [6.07, 6.45) is 0. The fraction of sp³-hybridized carbons (Fsp3) is 0.350. The topological polar surface area (TPSA) is 75.7 Å². The van der Waals surface area contributed by atoms with Gasteiger partial charge in [-0.2, -0.15) is 4.31 Å². The molecule has 27 heavy (non-hydrogen) atoms. The molecule has 0 spiro atoms. The van der Waals surface area contributed by atoms with Gasteiger partial charge in [-0.25, -0.2) is 8.42 Å². The molecule has 0 fully saturated rings. The molecular weight excluding hydrogens is 364 g/mol. The third kappa shape index (κ3) is 5.08. The molecule has 0 aliphatic rings. The van der Waals surface area contributed by atoms with E-state index in [0.717, 1.165) is 11.1 Å². The van der Waals surface area contributed by atoms with Crippen LogP contribution in [0.2, 0.25) is 0 Å². The van der Waals surface area contributed by atoms with Gasteiger partial charge in [-0.05, 0) is 43.2 Å². The second-order valence-corrected chi connectivity index (χ2v) is 8.11. The summed E-state index contributed by atoms with van der Waals surface area (Å²) in [6.45, 7) is 8.04. The van der Waals surface area contributed by atoms with Gasteiger partial charge in [0.05, 0.1) is 4.90 Å². The highest BCUT2D eigenvalue weighted by Crippen LogP contribution is 2.23. The van der Waals surface area contributed by atoms with Crippen molar-refractivity contribution in [3.05, 3.63) is 53.6 Å². The van der Waals surface area contributed by atoms with Gasteiger partial charge in [0, 0.05) is 18.8 Å². The van der Waals surface area contributed by atoms with E-state index in [1.807, 2.05) is 32.0 Å². The number of hydrogen-bond acceptors (Lipinski definition) is 4. The van der Waals surface area contributed by atoms with Crippen molar-refractivity contribution in [3.63, 3.8) is 0 Å². The first kappa shape index (κ1) is 20.9. The van der Waals surface area contributed by atoms with Gasteiger partial charge in [-0.1, -0.05) is 38.1 Å². The number of aryl methyl sites for hydroxylation is 2. The van der Waals surface area contributed by atoms with Crippen LogP contribution in [0, 0.1) is 13.8 Å². The molecule has 0 atom stereocenters. The largest absolute Gasteiger partial charge is 0.483 e. The van der Waals surface area contributed by atoms with Gasteiger partial charge in [-0.15, -0.1) is 0 Å². The van der Waals surface area contributed by atoms with Crippen LogP contribution in [0.1, 0.15) is 25.0 Å². The molecule has 0 aromatic heterocycles. The van der Waals surface area contributed by atoms with Crippen LogP contribution >= 0.6 is 0 Å². The first-order valence-corrected chi connectivity index (χ1v) is 10.3. The number of anilines is 1. The predicted octanol–water partition coefficient (Wildman–Crippen LogP) is 3.35. The number of benzene rings is 2. The van der Waals surface area contributed by atoms with Gasteiger partial charge < -0.3 is 10.1 Å². The maximum absolute atomic E-state index is 12.6. The molecule has 7 heteroatoms. The molecule has 0 saturated carbocycles. The third-order valence-corrected chi connectivity index (χ3v) is 6.26. The van der Waals surface area contributed by atoms with Crippen molar-refractivity contribution in [2.45, 2.75) is 32.6 Å². The highest BCUT2D eigenvalue weighted by atomic mass is 32.2. The summed E-state index contributed by atoms with van der Waals surface area (Å²) in [5.74, 6) is 0.334. The first-order chi connectivity index (χ1) is 12.8. The number of rotatable bonds is 8. The van der Waals surface area contributed by atoms with E-state index in [9.17, 15) is 13.2 Å². The van der Waals surface area contributed by atoms with Crippen LogP contribution in [0.3, 0.4) is 0 Å². The van der Waals surface area contributed by atoms with Gasteiger partial charge >= 0.3 is 0 Å². The minimum atomic E-state index is -3.58. The molecule has 0 aliphatic heterocycles. The number of sulfonamides is 1. The van der Waals surface area contributed by atoms with E-state index < -0.39 is 10.0 Å². The lowest BCUT2D eigenvalue weighted by atomic mass is 10.1. The van der Waals surface area contributed by atoms with Gasteiger partial charge in [0.2, 0.25) is 10.0 Å². The Labute approximate surface area is 161 Å². The lowest BCUT2D eigenvalue weighted by Crippen LogP contribution is -2.30. The molecule has 0 heterocycles. The number of carbonyl (C=O) groups is 1. The van der Waals surface area contributed by atoms with Gasteiger partial charge in [0.15, 0.2) is 6.61 Å². The summed E-state index contributed by atoms with van der Waals surface area (Å²) in [6, 6.07) is 12.0. The molecule has 1 amide bonds. The number of nitrogens with one attached hydrogen (secondary N) is 1. The quantitative estimate of drug-likeness (QED) is 0.750. The maximum atomic E-state index is 12.6. The molecule has 2 rings (SSSR count). The van der Waals surface area contributed by atoms with E-state index in [-0.39, 0.29) is 17.4 Å². The van der Waals surface area contributed by atoms with Crippen molar-refractivity contribution in [1.29, 1.82) is 0 Å². The Hall–Kier alpha value is -2.38. The van der Waals surface area contributed by atoms with Crippen LogP contribution < -0.4 is 10.1 Å². The lowest BCUT2D eigenvalue weighted by Gasteiger charge is -2.19. The molecule has 2 aromatic rings. The van der Waals surface area contributed by atoms with E-state index >= 15 is 0 Å². The molecule has 2 aromatic carbocycles. The average Bonchev–Trinajstić information content (AvgIpc) is 2.62. The summed E-state index contributed by atoms with van der Waals surface area (Å²) in [7, 11) is -3.58. The van der Waals surface area contributed by atoms with Crippen molar-refractivity contribution in [3.8, 4) is 5.75 Å². The first-order valence-electron chi connectivity index (χ1n) is 8.88. The zero-order valence-corrected chi connectivity index (χ0v) is 17.0. The summed E-state index contributed by atoms with van der Waals surface area (Å²) in [4.78, 5) is 12.4. The Bertz CT molecular complexity index is 886. The molecule has 6 nitrogen and oxygen atoms in total. The zero-order valence-electron chi connectivity index (χ0n) is 16.2. The average molecular weight is 391 g/mol. The maximum Gasteiger partial charge on any atom is 0.262 e. The van der Waals surface area contributed by atoms with E-state index in [2.05, 4.69) is 5.32 Å². The molecule has 0 saturated heterocycles. The van der Waals surface area contributed by atoms with Crippen molar-refractivity contribution in [2.24, 2.45) is 0 Å². The van der Waals surface area contributed by atoms with E-state index in [4.69, 9.17) is 4.74 Å². The normalized spacial score (nSPS) is 11.4. The SMILES string of the molecule is CCN(CC)S(=O)(=O)c1cccc(NC(=O)COc2c(C)cccc2C)c1. The Morgan fingerprint density at radius 3 is 2.22 bits per heavy atom. The number of carbonyl (C=O) groups excluding carboxylic acids is 1. The number of hydrogen-bond donors (Lipinski definition) is 1. The molecule has 0 bridgehead atoms. The fourth-order valence-corrected chi connectivity index (χ4v) is 4.31. The summed E-state index contributed by atoms with van der Waals surface area (Å²) in [5.41, 5.74) is 2.32. The number of nitrogens with zero attached hydrogens (tertiary/aromatic N) is 1. The lowest BCUT2D eigenvalue weighted by molar-refractivity contribution is -0.118. The molecule has 1 N–H and O–H groups in total. The Kier molecular flexibility index (Phi) is 6.98. The van der Waals surface area contributed by atoms with Crippen LogP contribution in [0.25, 0.3) is 0 Å². The van der Waals surface area contributed by atoms with E-state index in [1.165, 1.54) is 16.4 Å². The smallest absolute Gasteiger partial charge is 0.262 e. The standard InChI is InChI=1S/C20H26N2O4S/c1-5-22(6-2)27(24,25)18-12-8-11-17(13-18)21-19(23)14-26-20-15(3)9-7-10-16(20)4/h7-13H,5-6,14H2,1-4H3,(H,21,23). The summed E-state index contributed by atoms with van der Waals surface area (Å²) in [5, 5.41) is 2.69. The van der Waals surface area contributed by atoms with Crippen LogP contribution in [0.15, 0.2) is 47.4 Å². The highest BCUT2D eigenvalue weighted by molar-refractivity contribution is 7.89. The third-order valence-electron chi connectivity index (χ3n) is 4.22. The Balaban J connectivity index is 2.09. The molecule has 146 valence electrons. The van der Waals surface area contributed by atoms with Crippen molar-refractivity contribution < 1.29 is 17.9 Å². The molecule has 0 radical (unpaired) electrons. The fourth-order valence-electron chi connectivity index (χ4n) is 2.81. The van der Waals surface area contributed by atoms with Crippen molar-refractivity contribution in [1.82, 2.24) is 4.31 Å². The minimum absolute atomic E-state index is 0.152. The summed E-state index contributed by atoms with van der Waals surface area (Å²) >= 11 is 0. The van der Waals surface area contributed by atoms with Crippen molar-refractivity contribution >= 4 is 21.6 Å². The van der Waals surface area contributed by atoms with E-state index in [1.54, 1.807) is 26.0 Å². The number of amides is 1. The molecule has 0 unspecified atom stereocenters. The van der Waals surface area contributed by atoms with Gasteiger partial charge in [0.25, 0.3) is 5.91 Å². The monoisotopic (exact) mass is 390 g/mol. The second-order valence-electron chi connectivity index (χ2n) is 6.17. The zero-order chi connectivity index (χ0) is 20.0. The minimum Gasteiger partial charge on any atom is -0.483 e. The molecule has 0 aliphatic carbocycles. The number of para-hydroxylation sites is 1. The van der Waals surface area contributed by atoms with Crippen LogP contribution in [0.5, 0.6) is 5.75 Å². The Morgan fingerprint density at radius 2 is 1.63 bits per heavy atom. The van der Waals surface area contributed by atoms with Crippen molar-refractivity contribution in [2.75, 3.05) is 25.0 Å². The van der Waals surface area contributed by atoms with Gasteiger partial charge in [-0.3, -0.25) is 4.79 Å². The van der Waals surface area contributed by atoms with Gasteiger partial charge in [0.1, 0.15) is 5.75 Å². The second kappa shape index (κ2) is 9.01. The summed E-state index contributed by atoms with van der Waals surface area (Å²) < 4.78 is 32.2. The Morgan fingerprint density at radius 1 is 1.04 bits per heavy atom. The van der Waals surface area contributed by atoms with E-state index in [0.29, 0.717) is 24.5 Å².